The van der Waals surface area contributed by atoms with Crippen molar-refractivity contribution in [1.29, 1.82) is 5.41 Å². The van der Waals surface area contributed by atoms with Gasteiger partial charge in [-0.25, -0.2) is 4.98 Å². The zero-order valence-corrected chi connectivity index (χ0v) is 20.2. The molecule has 4 rings (SSSR count). The topological polar surface area (TPSA) is 178 Å². The third kappa shape index (κ3) is 3.40. The second-order valence-corrected chi connectivity index (χ2v) is 10.1. The van der Waals surface area contributed by atoms with Gasteiger partial charge in [-0.15, -0.1) is 0 Å². The Hall–Kier alpha value is -3.18. The number of ketones is 3. The number of likely N-dealkylation sites (N-methyl/N-ethyl adjacent to an activating group) is 1. The normalized spacial score (nSPS) is 32.2. The molecule has 2 saturated carbocycles. The van der Waals surface area contributed by atoms with Crippen molar-refractivity contribution < 1.29 is 29.4 Å². The molecule has 1 heterocycles. The lowest BCUT2D eigenvalue weighted by atomic mass is 9.52. The quantitative estimate of drug-likeness (QED) is 0.402. The van der Waals surface area contributed by atoms with E-state index in [1.807, 2.05) is 6.92 Å². The van der Waals surface area contributed by atoms with Crippen molar-refractivity contribution in [3.63, 3.8) is 0 Å². The fraction of sp³-hybridized carbons (Fsp3) is 0.583. The Kier molecular flexibility index (Phi) is 6.05. The molecule has 0 aromatic carbocycles. The molecule has 6 unspecified atom stereocenters. The van der Waals surface area contributed by atoms with Crippen LogP contribution in [-0.4, -0.2) is 88.4 Å². The summed E-state index contributed by atoms with van der Waals surface area (Å²) in [6, 6.07) is -1.02. The number of hydrogen-bond acceptors (Lipinski definition) is 10. The molecule has 11 nitrogen and oxygen atoms in total. The van der Waals surface area contributed by atoms with Gasteiger partial charge in [0.2, 0.25) is 5.91 Å². The van der Waals surface area contributed by atoms with Crippen LogP contribution in [0.3, 0.4) is 0 Å². The van der Waals surface area contributed by atoms with Gasteiger partial charge < -0.3 is 26.3 Å². The number of aromatic nitrogens is 1. The highest BCUT2D eigenvalue weighted by Crippen LogP contribution is 2.51. The van der Waals surface area contributed by atoms with Crippen LogP contribution in [0.2, 0.25) is 0 Å². The van der Waals surface area contributed by atoms with E-state index in [1.54, 1.807) is 30.9 Å². The third-order valence-corrected chi connectivity index (χ3v) is 7.77. The van der Waals surface area contributed by atoms with Crippen LogP contribution < -0.4 is 10.6 Å². The van der Waals surface area contributed by atoms with Crippen molar-refractivity contribution in [2.45, 2.75) is 37.8 Å². The predicted molar refractivity (Wildman–Crippen MR) is 125 cm³/mol. The highest BCUT2D eigenvalue weighted by Gasteiger charge is 2.67. The SMILES string of the molecule is CCCN(C)C1C(=O)C(C(N)=O)C(=N)C2(O)C(=O)C3C(=O)c4c(O)cnc(N(C)C)c4CC3CC12. The number of hydrogen-bond donors (Lipinski definition) is 4. The van der Waals surface area contributed by atoms with Crippen molar-refractivity contribution >= 4 is 34.8 Å². The van der Waals surface area contributed by atoms with E-state index >= 15 is 0 Å². The van der Waals surface area contributed by atoms with Gasteiger partial charge in [-0.2, -0.15) is 0 Å². The van der Waals surface area contributed by atoms with Crippen molar-refractivity contribution in [3.05, 3.63) is 17.3 Å². The van der Waals surface area contributed by atoms with E-state index in [0.29, 0.717) is 24.3 Å². The van der Waals surface area contributed by atoms with E-state index in [2.05, 4.69) is 4.98 Å². The average molecular weight is 486 g/mol. The highest BCUT2D eigenvalue weighted by atomic mass is 16.3. The van der Waals surface area contributed by atoms with Crippen molar-refractivity contribution in [3.8, 4) is 5.75 Å². The van der Waals surface area contributed by atoms with Crippen LogP contribution in [0.15, 0.2) is 6.20 Å². The molecule has 1 amide bonds. The molecule has 0 saturated heterocycles. The van der Waals surface area contributed by atoms with Gasteiger partial charge in [0, 0.05) is 25.6 Å². The summed E-state index contributed by atoms with van der Waals surface area (Å²) in [6.45, 7) is 2.36. The Morgan fingerprint density at radius 2 is 1.94 bits per heavy atom. The van der Waals surface area contributed by atoms with Crippen molar-refractivity contribution in [1.82, 2.24) is 9.88 Å². The van der Waals surface area contributed by atoms with E-state index < -0.39 is 64.3 Å². The molecule has 188 valence electrons. The van der Waals surface area contributed by atoms with E-state index in [1.165, 1.54) is 0 Å². The maximum absolute atomic E-state index is 13.9. The number of rotatable bonds is 5. The Morgan fingerprint density at radius 1 is 1.29 bits per heavy atom. The summed E-state index contributed by atoms with van der Waals surface area (Å²) in [4.78, 5) is 60.7. The van der Waals surface area contributed by atoms with Gasteiger partial charge >= 0.3 is 0 Å². The number of anilines is 1. The third-order valence-electron chi connectivity index (χ3n) is 7.77. The molecule has 0 bridgehead atoms. The lowest BCUT2D eigenvalue weighted by Gasteiger charge is -2.54. The fourth-order valence-electron chi connectivity index (χ4n) is 6.32. The van der Waals surface area contributed by atoms with Gasteiger partial charge in [-0.05, 0) is 38.8 Å². The first-order valence-electron chi connectivity index (χ1n) is 11.7. The van der Waals surface area contributed by atoms with Crippen LogP contribution in [-0.2, 0) is 20.8 Å². The Balaban J connectivity index is 1.88. The van der Waals surface area contributed by atoms with Gasteiger partial charge in [0.05, 0.1) is 29.4 Å². The number of Topliss-reactive ketones (excluding diaryl/α,β-unsaturated/α-hetero) is 3. The van der Waals surface area contributed by atoms with Crippen LogP contribution in [0.4, 0.5) is 5.82 Å². The van der Waals surface area contributed by atoms with Gasteiger partial charge in [-0.3, -0.25) is 24.1 Å². The number of nitrogens with two attached hydrogens (primary N) is 1. The Bertz CT molecular complexity index is 1150. The molecule has 0 aliphatic heterocycles. The lowest BCUT2D eigenvalue weighted by Crippen LogP contribution is -2.74. The minimum atomic E-state index is -2.50. The molecule has 6 atom stereocenters. The zero-order valence-electron chi connectivity index (χ0n) is 20.2. The number of carbonyl (C=O) groups excluding carboxylic acids is 4. The molecule has 0 spiro atoms. The summed E-state index contributed by atoms with van der Waals surface area (Å²) in [5, 5.41) is 30.8. The number of nitrogens with one attached hydrogen (secondary N) is 1. The highest BCUT2D eigenvalue weighted by molar-refractivity contribution is 6.33. The first-order valence-corrected chi connectivity index (χ1v) is 11.7. The van der Waals surface area contributed by atoms with Crippen LogP contribution in [0.1, 0.15) is 35.7 Å². The molecule has 1 aromatic heterocycles. The van der Waals surface area contributed by atoms with Gasteiger partial charge in [0.15, 0.2) is 23.0 Å². The number of pyridine rings is 1. The number of nitrogens with zero attached hydrogens (tertiary/aromatic N) is 3. The summed E-state index contributed by atoms with van der Waals surface area (Å²) in [7, 11) is 5.17. The molecule has 35 heavy (non-hydrogen) atoms. The molecule has 5 N–H and O–H groups in total. The van der Waals surface area contributed by atoms with Crippen LogP contribution >= 0.6 is 0 Å². The first kappa shape index (κ1) is 24.9. The predicted octanol–water partition coefficient (Wildman–Crippen LogP) is -0.441. The van der Waals surface area contributed by atoms with Gasteiger partial charge in [0.1, 0.15) is 17.5 Å². The first-order chi connectivity index (χ1) is 16.4. The van der Waals surface area contributed by atoms with Crippen LogP contribution in [0.25, 0.3) is 0 Å². The lowest BCUT2D eigenvalue weighted by molar-refractivity contribution is -0.157. The number of amides is 1. The maximum Gasteiger partial charge on any atom is 0.233 e. The summed E-state index contributed by atoms with van der Waals surface area (Å²) in [5.41, 5.74) is 2.66. The zero-order chi connectivity index (χ0) is 26.0. The number of primary amides is 1. The monoisotopic (exact) mass is 485 g/mol. The number of aliphatic hydroxyl groups is 1. The molecule has 11 heteroatoms. The van der Waals surface area contributed by atoms with Crippen LogP contribution in [0.5, 0.6) is 5.75 Å². The number of carbonyl (C=O) groups is 4. The Labute approximate surface area is 202 Å². The van der Waals surface area contributed by atoms with E-state index in [0.717, 1.165) is 6.20 Å². The largest absolute Gasteiger partial charge is 0.506 e. The molecule has 3 aliphatic carbocycles. The fourth-order valence-corrected chi connectivity index (χ4v) is 6.32. The number of fused-ring (bicyclic) bond motifs is 3. The van der Waals surface area contributed by atoms with E-state index in [4.69, 9.17) is 11.1 Å². The van der Waals surface area contributed by atoms with Crippen molar-refractivity contribution in [2.24, 2.45) is 29.4 Å². The maximum atomic E-state index is 13.9. The summed E-state index contributed by atoms with van der Waals surface area (Å²) in [5.74, 6) is -7.86. The number of aromatic hydroxyl groups is 1. The average Bonchev–Trinajstić information content (AvgIpc) is 2.76. The van der Waals surface area contributed by atoms with Crippen molar-refractivity contribution in [2.75, 3.05) is 32.6 Å². The molecular formula is C24H31N5O6. The summed E-state index contributed by atoms with van der Waals surface area (Å²) in [6.07, 6.45) is 2.15. The van der Waals surface area contributed by atoms with Crippen LogP contribution in [0, 0.1) is 29.1 Å². The minimum absolute atomic E-state index is 0.0233. The summed E-state index contributed by atoms with van der Waals surface area (Å²) < 4.78 is 0. The molecule has 2 fully saturated rings. The van der Waals surface area contributed by atoms with E-state index in [-0.39, 0.29) is 24.2 Å². The molecular weight excluding hydrogens is 454 g/mol. The minimum Gasteiger partial charge on any atom is -0.506 e. The second kappa shape index (κ2) is 8.49. The standard InChI is InChI=1S/C24H31N5O6/c1-5-6-29(4)17-12-8-10-7-11-15(13(30)9-27-23(11)28(2)3)18(31)14(10)21(33)24(12,35)20(25)16(19(17)32)22(26)34/h9-10,12,14,16-17,25,30,35H,5-8H2,1-4H3,(H2,26,34). The van der Waals surface area contributed by atoms with E-state index in [9.17, 15) is 29.4 Å². The molecule has 1 aromatic rings. The smallest absolute Gasteiger partial charge is 0.233 e. The van der Waals surface area contributed by atoms with Gasteiger partial charge in [-0.1, -0.05) is 6.92 Å². The second-order valence-electron chi connectivity index (χ2n) is 10.1. The molecule has 3 aliphatic rings. The Morgan fingerprint density at radius 3 is 2.51 bits per heavy atom. The van der Waals surface area contributed by atoms with Gasteiger partial charge in [0.25, 0.3) is 0 Å². The molecule has 0 radical (unpaired) electrons. The summed E-state index contributed by atoms with van der Waals surface area (Å²) >= 11 is 0.